The summed E-state index contributed by atoms with van der Waals surface area (Å²) in [5, 5.41) is 10.3. The number of aromatic carboxylic acids is 1. The van der Waals surface area contributed by atoms with E-state index in [4.69, 9.17) is 4.74 Å². The molecule has 0 aliphatic heterocycles. The molecule has 0 atom stereocenters. The number of rotatable bonds is 12. The highest BCUT2D eigenvalue weighted by Gasteiger charge is 2.15. The van der Waals surface area contributed by atoms with Gasteiger partial charge in [-0.2, -0.15) is 0 Å². The van der Waals surface area contributed by atoms with E-state index >= 15 is 4.39 Å². The van der Waals surface area contributed by atoms with E-state index in [0.717, 1.165) is 23.3 Å². The molecule has 1 heterocycles. The first-order valence-corrected chi connectivity index (χ1v) is 13.1. The highest BCUT2D eigenvalue weighted by molar-refractivity contribution is 6.04. The number of ether oxygens (including phenoxy) is 1. The summed E-state index contributed by atoms with van der Waals surface area (Å²) in [6, 6.07) is 19.3. The molecule has 3 aromatic carbocycles. The second-order valence-electron chi connectivity index (χ2n) is 9.57. The number of carboxylic acids is 1. The molecule has 0 saturated carbocycles. The molecule has 0 bridgehead atoms. The van der Waals surface area contributed by atoms with Crippen LogP contribution in [0.1, 0.15) is 67.8 Å². The molecule has 0 spiro atoms. The van der Waals surface area contributed by atoms with Crippen molar-refractivity contribution in [2.75, 3.05) is 6.61 Å². The predicted octanol–water partition coefficient (Wildman–Crippen LogP) is 8.84. The summed E-state index contributed by atoms with van der Waals surface area (Å²) in [5.74, 6) is -0.647. The number of benzene rings is 3. The Hall–Kier alpha value is -3.73. The van der Waals surface area contributed by atoms with Crippen LogP contribution in [-0.2, 0) is 0 Å². The Kier molecular flexibility index (Phi) is 8.89. The van der Waals surface area contributed by atoms with E-state index in [1.165, 1.54) is 50.7 Å². The lowest BCUT2D eigenvalue weighted by Crippen LogP contribution is -2.01. The maximum Gasteiger partial charge on any atom is 0.336 e. The minimum absolute atomic E-state index is 0.153. The van der Waals surface area contributed by atoms with Gasteiger partial charge < -0.3 is 9.84 Å². The molecule has 37 heavy (non-hydrogen) atoms. The predicted molar refractivity (Wildman–Crippen MR) is 148 cm³/mol. The van der Waals surface area contributed by atoms with Gasteiger partial charge in [-0.3, -0.25) is 0 Å². The van der Waals surface area contributed by atoms with Gasteiger partial charge in [0.05, 0.1) is 23.4 Å². The van der Waals surface area contributed by atoms with E-state index in [1.807, 2.05) is 37.3 Å². The number of carbonyl (C=O) groups is 1. The van der Waals surface area contributed by atoms with Crippen LogP contribution in [0, 0.1) is 12.7 Å². The molecule has 192 valence electrons. The SMILES string of the molecule is CCCCCCCCCOc1ccc(-c2ccc(-c3cc(C(=O)O)c4cc(C)ccc4n3)cc2F)cc1. The molecule has 4 rings (SSSR count). The van der Waals surface area contributed by atoms with Crippen molar-refractivity contribution in [3.63, 3.8) is 0 Å². The second-order valence-corrected chi connectivity index (χ2v) is 9.57. The maximum absolute atomic E-state index is 15.2. The summed E-state index contributed by atoms with van der Waals surface area (Å²) < 4.78 is 21.0. The van der Waals surface area contributed by atoms with E-state index in [1.54, 1.807) is 24.3 Å². The van der Waals surface area contributed by atoms with Gasteiger partial charge in [-0.1, -0.05) is 81.3 Å². The maximum atomic E-state index is 15.2. The number of fused-ring (bicyclic) bond motifs is 1. The molecule has 0 unspecified atom stereocenters. The van der Waals surface area contributed by atoms with E-state index in [2.05, 4.69) is 11.9 Å². The molecule has 1 aromatic heterocycles. The summed E-state index contributed by atoms with van der Waals surface area (Å²) in [6.07, 6.45) is 8.67. The highest BCUT2D eigenvalue weighted by Crippen LogP contribution is 2.31. The van der Waals surface area contributed by atoms with Crippen LogP contribution in [0.3, 0.4) is 0 Å². The van der Waals surface area contributed by atoms with Gasteiger partial charge in [0.15, 0.2) is 0 Å². The quantitative estimate of drug-likeness (QED) is 0.198. The number of aryl methyl sites for hydroxylation is 1. The third-order valence-electron chi connectivity index (χ3n) is 6.64. The van der Waals surface area contributed by atoms with Crippen LogP contribution >= 0.6 is 0 Å². The summed E-state index contributed by atoms with van der Waals surface area (Å²) >= 11 is 0. The number of pyridine rings is 1. The molecular weight excluding hydrogens is 465 g/mol. The molecule has 1 N–H and O–H groups in total. The largest absolute Gasteiger partial charge is 0.494 e. The lowest BCUT2D eigenvalue weighted by Gasteiger charge is -2.11. The van der Waals surface area contributed by atoms with Crippen molar-refractivity contribution in [1.29, 1.82) is 0 Å². The van der Waals surface area contributed by atoms with Crippen LogP contribution in [0.2, 0.25) is 0 Å². The Labute approximate surface area is 218 Å². The molecule has 4 aromatic rings. The van der Waals surface area contributed by atoms with Crippen LogP contribution in [0.5, 0.6) is 5.75 Å². The Balaban J connectivity index is 1.44. The standard InChI is InChI=1S/C32H34FNO3/c1-3-4-5-6-7-8-9-18-37-25-14-11-23(12-15-25)26-16-13-24(20-29(26)33)31-21-28(32(35)36)27-19-22(2)10-17-30(27)34-31/h10-17,19-21H,3-9,18H2,1-2H3,(H,35,36). The molecular formula is C32H34FNO3. The number of hydrogen-bond donors (Lipinski definition) is 1. The minimum atomic E-state index is -1.04. The fourth-order valence-electron chi connectivity index (χ4n) is 4.55. The fourth-order valence-corrected chi connectivity index (χ4v) is 4.55. The molecule has 0 saturated heterocycles. The number of aromatic nitrogens is 1. The Morgan fingerprint density at radius 2 is 1.57 bits per heavy atom. The molecule has 4 nitrogen and oxygen atoms in total. The first kappa shape index (κ1) is 26.3. The van der Waals surface area contributed by atoms with E-state index in [-0.39, 0.29) is 5.56 Å². The zero-order chi connectivity index (χ0) is 26.2. The third kappa shape index (κ3) is 6.73. The number of halogens is 1. The van der Waals surface area contributed by atoms with Gasteiger partial charge in [0, 0.05) is 16.5 Å². The van der Waals surface area contributed by atoms with Gasteiger partial charge >= 0.3 is 5.97 Å². The average molecular weight is 500 g/mol. The number of nitrogens with zero attached hydrogens (tertiary/aromatic N) is 1. The summed E-state index contributed by atoms with van der Waals surface area (Å²) in [7, 11) is 0. The fraction of sp³-hybridized carbons (Fsp3) is 0.312. The van der Waals surface area contributed by atoms with E-state index in [9.17, 15) is 9.90 Å². The zero-order valence-electron chi connectivity index (χ0n) is 21.6. The Morgan fingerprint density at radius 3 is 2.27 bits per heavy atom. The third-order valence-corrected chi connectivity index (χ3v) is 6.64. The van der Waals surface area contributed by atoms with Gasteiger partial charge in [0.1, 0.15) is 11.6 Å². The van der Waals surface area contributed by atoms with Crippen LogP contribution in [0.15, 0.2) is 66.7 Å². The van der Waals surface area contributed by atoms with Crippen molar-refractivity contribution in [1.82, 2.24) is 4.98 Å². The molecule has 0 radical (unpaired) electrons. The lowest BCUT2D eigenvalue weighted by molar-refractivity contribution is 0.0699. The molecule has 0 amide bonds. The molecule has 5 heteroatoms. The summed E-state index contributed by atoms with van der Waals surface area (Å²) in [5.41, 5.74) is 3.85. The van der Waals surface area contributed by atoms with E-state index < -0.39 is 11.8 Å². The first-order chi connectivity index (χ1) is 18.0. The van der Waals surface area contributed by atoms with Crippen molar-refractivity contribution in [2.45, 2.75) is 58.8 Å². The minimum Gasteiger partial charge on any atom is -0.494 e. The van der Waals surface area contributed by atoms with Crippen LogP contribution in [0.4, 0.5) is 4.39 Å². The molecule has 0 fully saturated rings. The van der Waals surface area contributed by atoms with Crippen LogP contribution in [0.25, 0.3) is 33.3 Å². The van der Waals surface area contributed by atoms with Crippen molar-refractivity contribution in [3.8, 4) is 28.1 Å². The van der Waals surface area contributed by atoms with Crippen molar-refractivity contribution in [3.05, 3.63) is 83.7 Å². The van der Waals surface area contributed by atoms with Gasteiger partial charge in [-0.15, -0.1) is 0 Å². The average Bonchev–Trinajstić information content (AvgIpc) is 2.90. The van der Waals surface area contributed by atoms with Crippen molar-refractivity contribution in [2.24, 2.45) is 0 Å². The monoisotopic (exact) mass is 499 g/mol. The van der Waals surface area contributed by atoms with E-state index in [0.29, 0.717) is 34.3 Å². The smallest absolute Gasteiger partial charge is 0.336 e. The zero-order valence-corrected chi connectivity index (χ0v) is 21.6. The van der Waals surface area contributed by atoms with Gasteiger partial charge in [-0.05, 0) is 55.3 Å². The molecule has 0 aliphatic carbocycles. The Morgan fingerprint density at radius 1 is 0.865 bits per heavy atom. The number of hydrogen-bond acceptors (Lipinski definition) is 3. The second kappa shape index (κ2) is 12.5. The van der Waals surface area contributed by atoms with Crippen LogP contribution in [-0.4, -0.2) is 22.7 Å². The van der Waals surface area contributed by atoms with Gasteiger partial charge in [0.2, 0.25) is 0 Å². The number of carboxylic acid groups (broad SMARTS) is 1. The van der Waals surface area contributed by atoms with Gasteiger partial charge in [0.25, 0.3) is 0 Å². The van der Waals surface area contributed by atoms with Crippen molar-refractivity contribution >= 4 is 16.9 Å². The topological polar surface area (TPSA) is 59.4 Å². The van der Waals surface area contributed by atoms with Crippen LogP contribution < -0.4 is 4.74 Å². The Bertz CT molecular complexity index is 1360. The lowest BCUT2D eigenvalue weighted by atomic mass is 9.99. The summed E-state index contributed by atoms with van der Waals surface area (Å²) in [4.78, 5) is 16.5. The van der Waals surface area contributed by atoms with Crippen molar-refractivity contribution < 1.29 is 19.0 Å². The first-order valence-electron chi connectivity index (χ1n) is 13.1. The normalized spacial score (nSPS) is 11.1. The highest BCUT2D eigenvalue weighted by atomic mass is 19.1. The summed E-state index contributed by atoms with van der Waals surface area (Å²) in [6.45, 7) is 4.82. The number of unbranched alkanes of at least 4 members (excludes halogenated alkanes) is 6. The van der Waals surface area contributed by atoms with Gasteiger partial charge in [-0.25, -0.2) is 14.2 Å². The molecule has 0 aliphatic rings.